The zero-order valence-electron chi connectivity index (χ0n) is 10.3. The molecule has 1 aromatic rings. The van der Waals surface area contributed by atoms with Gasteiger partial charge in [-0.1, -0.05) is 30.3 Å². The Bertz CT molecular complexity index is 369. The van der Waals surface area contributed by atoms with Crippen LogP contribution in [0, 0.1) is 0 Å². The number of ether oxygens (including phenoxy) is 1. The molecule has 106 valence electrons. The minimum atomic E-state index is -1.58. The van der Waals surface area contributed by atoms with Gasteiger partial charge in [0, 0.05) is 0 Å². The summed E-state index contributed by atoms with van der Waals surface area (Å²) in [5, 5.41) is 37.3. The summed E-state index contributed by atoms with van der Waals surface area (Å²) in [7, 11) is 0. The van der Waals surface area contributed by atoms with Crippen molar-refractivity contribution in [3.8, 4) is 0 Å². The maximum absolute atomic E-state index is 10.6. The molecular weight excluding hydrogens is 252 g/mol. The van der Waals surface area contributed by atoms with Crippen molar-refractivity contribution < 1.29 is 30.0 Å². The van der Waals surface area contributed by atoms with Crippen molar-refractivity contribution in [2.24, 2.45) is 0 Å². The molecule has 6 heteroatoms. The number of benzene rings is 1. The summed E-state index contributed by atoms with van der Waals surface area (Å²) in [4.78, 5) is 10.6. The second-order valence-electron chi connectivity index (χ2n) is 4.13. The second-order valence-corrected chi connectivity index (χ2v) is 4.13. The van der Waals surface area contributed by atoms with Crippen LogP contribution in [0.4, 0.5) is 0 Å². The molecule has 0 saturated heterocycles. The van der Waals surface area contributed by atoms with Gasteiger partial charge in [0.1, 0.15) is 24.4 Å². The maximum Gasteiger partial charge on any atom is 0.151 e. The molecule has 0 saturated carbocycles. The van der Waals surface area contributed by atoms with Gasteiger partial charge in [-0.05, 0) is 5.56 Å². The Morgan fingerprint density at radius 1 is 1.16 bits per heavy atom. The molecule has 4 N–H and O–H groups in total. The Labute approximate surface area is 110 Å². The average molecular weight is 270 g/mol. The van der Waals surface area contributed by atoms with Crippen LogP contribution in [0.1, 0.15) is 5.56 Å². The van der Waals surface area contributed by atoms with Crippen LogP contribution in [0.5, 0.6) is 0 Å². The first-order chi connectivity index (χ1) is 9.10. The Morgan fingerprint density at radius 2 is 1.79 bits per heavy atom. The van der Waals surface area contributed by atoms with Crippen LogP contribution < -0.4 is 0 Å². The van der Waals surface area contributed by atoms with E-state index < -0.39 is 31.0 Å². The summed E-state index contributed by atoms with van der Waals surface area (Å²) in [5.74, 6) is 0. The first-order valence-electron chi connectivity index (χ1n) is 5.86. The van der Waals surface area contributed by atoms with Gasteiger partial charge in [-0.3, -0.25) is 0 Å². The lowest BCUT2D eigenvalue weighted by Crippen LogP contribution is -2.47. The Kier molecular flexibility index (Phi) is 6.61. The fourth-order valence-electron chi connectivity index (χ4n) is 1.57. The normalized spacial score (nSPS) is 17.5. The monoisotopic (exact) mass is 270 g/mol. The van der Waals surface area contributed by atoms with Crippen molar-refractivity contribution in [3.63, 3.8) is 0 Å². The number of aldehydes is 1. The standard InChI is InChI=1S/C13H18O6/c14-6-10(16)12(18)13(11(17)7-15)19-8-9-4-2-1-3-5-9/h1-5,7,10-14,16-18H,6,8H2/t10-,11-,12+,13-/m1/s1. The number of rotatable bonds is 8. The van der Waals surface area contributed by atoms with Crippen molar-refractivity contribution in [2.45, 2.75) is 31.0 Å². The summed E-state index contributed by atoms with van der Waals surface area (Å²) in [6.07, 6.45) is -5.73. The van der Waals surface area contributed by atoms with Crippen LogP contribution in [0.3, 0.4) is 0 Å². The van der Waals surface area contributed by atoms with E-state index in [1.54, 1.807) is 24.3 Å². The molecule has 0 heterocycles. The van der Waals surface area contributed by atoms with E-state index in [9.17, 15) is 20.1 Å². The molecule has 0 unspecified atom stereocenters. The fourth-order valence-corrected chi connectivity index (χ4v) is 1.57. The van der Waals surface area contributed by atoms with E-state index >= 15 is 0 Å². The van der Waals surface area contributed by atoms with Gasteiger partial charge in [0.2, 0.25) is 0 Å². The van der Waals surface area contributed by atoms with Gasteiger partial charge in [0.05, 0.1) is 13.2 Å². The summed E-state index contributed by atoms with van der Waals surface area (Å²) in [6.45, 7) is -0.635. The van der Waals surface area contributed by atoms with Gasteiger partial charge < -0.3 is 30.0 Å². The molecule has 0 aromatic heterocycles. The van der Waals surface area contributed by atoms with Crippen molar-refractivity contribution in [2.75, 3.05) is 6.61 Å². The molecule has 0 aliphatic heterocycles. The smallest absolute Gasteiger partial charge is 0.151 e. The second kappa shape index (κ2) is 7.98. The lowest BCUT2D eigenvalue weighted by Gasteiger charge is -2.27. The first kappa shape index (κ1) is 15.7. The average Bonchev–Trinajstić information content (AvgIpc) is 2.47. The van der Waals surface area contributed by atoms with Crippen molar-refractivity contribution in [3.05, 3.63) is 35.9 Å². The molecule has 0 spiro atoms. The Balaban J connectivity index is 2.67. The van der Waals surface area contributed by atoms with Crippen LogP contribution in [-0.4, -0.2) is 57.7 Å². The molecule has 0 radical (unpaired) electrons. The van der Waals surface area contributed by atoms with Crippen molar-refractivity contribution >= 4 is 6.29 Å². The quantitative estimate of drug-likeness (QED) is 0.444. The highest BCUT2D eigenvalue weighted by molar-refractivity contribution is 5.56. The highest BCUT2D eigenvalue weighted by atomic mass is 16.5. The zero-order valence-corrected chi connectivity index (χ0v) is 10.3. The molecule has 19 heavy (non-hydrogen) atoms. The van der Waals surface area contributed by atoms with Gasteiger partial charge in [0.15, 0.2) is 6.29 Å². The fraction of sp³-hybridized carbons (Fsp3) is 0.462. The van der Waals surface area contributed by atoms with Crippen LogP contribution in [0.25, 0.3) is 0 Å². The SMILES string of the molecule is O=C[C@@H](O)[C@@H](OCc1ccccc1)[C@@H](O)[C@H](O)CO. The number of carbonyl (C=O) groups excluding carboxylic acids is 1. The van der Waals surface area contributed by atoms with Crippen molar-refractivity contribution in [1.29, 1.82) is 0 Å². The van der Waals surface area contributed by atoms with E-state index in [4.69, 9.17) is 9.84 Å². The van der Waals surface area contributed by atoms with E-state index in [0.29, 0.717) is 0 Å². The van der Waals surface area contributed by atoms with E-state index in [1.807, 2.05) is 6.07 Å². The summed E-state index contributed by atoms with van der Waals surface area (Å²) in [5.41, 5.74) is 0.788. The zero-order chi connectivity index (χ0) is 14.3. The largest absolute Gasteiger partial charge is 0.394 e. The third kappa shape index (κ3) is 4.70. The summed E-state index contributed by atoms with van der Waals surface area (Å²) in [6, 6.07) is 8.97. The lowest BCUT2D eigenvalue weighted by atomic mass is 10.0. The summed E-state index contributed by atoms with van der Waals surface area (Å²) < 4.78 is 5.26. The van der Waals surface area contributed by atoms with E-state index in [-0.39, 0.29) is 12.9 Å². The van der Waals surface area contributed by atoms with Gasteiger partial charge in [-0.15, -0.1) is 0 Å². The molecule has 0 bridgehead atoms. The molecule has 0 fully saturated rings. The Morgan fingerprint density at radius 3 is 2.32 bits per heavy atom. The van der Waals surface area contributed by atoms with E-state index in [1.165, 1.54) is 0 Å². The molecule has 0 aliphatic rings. The number of hydrogen-bond donors (Lipinski definition) is 4. The summed E-state index contributed by atoms with van der Waals surface area (Å²) >= 11 is 0. The van der Waals surface area contributed by atoms with Crippen LogP contribution >= 0.6 is 0 Å². The molecule has 4 atom stereocenters. The molecule has 0 aliphatic carbocycles. The van der Waals surface area contributed by atoms with Gasteiger partial charge in [0.25, 0.3) is 0 Å². The van der Waals surface area contributed by atoms with Crippen LogP contribution in [0.15, 0.2) is 30.3 Å². The molecular formula is C13H18O6. The van der Waals surface area contributed by atoms with Crippen LogP contribution in [0.2, 0.25) is 0 Å². The molecule has 6 nitrogen and oxygen atoms in total. The molecule has 0 amide bonds. The number of hydrogen-bond acceptors (Lipinski definition) is 6. The third-order valence-corrected chi connectivity index (χ3v) is 2.68. The van der Waals surface area contributed by atoms with Crippen LogP contribution in [-0.2, 0) is 16.1 Å². The van der Waals surface area contributed by atoms with Gasteiger partial charge >= 0.3 is 0 Å². The van der Waals surface area contributed by atoms with E-state index in [2.05, 4.69) is 0 Å². The molecule has 1 aromatic carbocycles. The van der Waals surface area contributed by atoms with Gasteiger partial charge in [-0.25, -0.2) is 0 Å². The van der Waals surface area contributed by atoms with Crippen molar-refractivity contribution in [1.82, 2.24) is 0 Å². The minimum Gasteiger partial charge on any atom is -0.394 e. The minimum absolute atomic E-state index is 0.0611. The van der Waals surface area contributed by atoms with Gasteiger partial charge in [-0.2, -0.15) is 0 Å². The van der Waals surface area contributed by atoms with E-state index in [0.717, 1.165) is 5.56 Å². The predicted molar refractivity (Wildman–Crippen MR) is 66.2 cm³/mol. The number of aliphatic hydroxyl groups excluding tert-OH is 4. The third-order valence-electron chi connectivity index (χ3n) is 2.68. The molecule has 1 rings (SSSR count). The Hall–Kier alpha value is -1.31. The number of carbonyl (C=O) groups is 1. The maximum atomic E-state index is 10.6. The highest BCUT2D eigenvalue weighted by Crippen LogP contribution is 2.12. The lowest BCUT2D eigenvalue weighted by molar-refractivity contribution is -0.153. The topological polar surface area (TPSA) is 107 Å². The highest BCUT2D eigenvalue weighted by Gasteiger charge is 2.32. The number of aliphatic hydroxyl groups is 4. The predicted octanol–water partition coefficient (Wildman–Crippen LogP) is -1.15. The first-order valence-corrected chi connectivity index (χ1v) is 5.86.